The van der Waals surface area contributed by atoms with Gasteiger partial charge in [0.2, 0.25) is 0 Å². The summed E-state index contributed by atoms with van der Waals surface area (Å²) in [5, 5.41) is 9.64. The summed E-state index contributed by atoms with van der Waals surface area (Å²) in [5.74, 6) is -0.690. The molecular weight excluding hydrogens is 195 g/mol. The van der Waals surface area contributed by atoms with Gasteiger partial charge in [0, 0.05) is 10.6 Å². The van der Waals surface area contributed by atoms with Gasteiger partial charge in [-0.05, 0) is 19.1 Å². The molecule has 1 rings (SSSR count). The van der Waals surface area contributed by atoms with E-state index in [1.165, 1.54) is 19.1 Å². The minimum atomic E-state index is -1.80. The van der Waals surface area contributed by atoms with Crippen LogP contribution < -0.4 is 0 Å². The van der Waals surface area contributed by atoms with Crippen LogP contribution in [-0.2, 0) is 10.4 Å². The molecule has 0 fully saturated rings. The summed E-state index contributed by atoms with van der Waals surface area (Å²) in [5.41, 5.74) is -1.87. The first kappa shape index (κ1) is 10.2. The van der Waals surface area contributed by atoms with Crippen molar-refractivity contribution in [2.75, 3.05) is 0 Å². The average Bonchev–Trinajstić information content (AvgIpc) is 2.03. The molecule has 1 unspecified atom stereocenters. The summed E-state index contributed by atoms with van der Waals surface area (Å²) in [7, 11) is 0. The lowest BCUT2D eigenvalue weighted by molar-refractivity contribution is -0.123. The second-order valence-corrected chi connectivity index (χ2v) is 3.33. The van der Waals surface area contributed by atoms with Crippen LogP contribution in [-0.4, -0.2) is 11.4 Å². The fourth-order valence-electron chi connectivity index (χ4n) is 0.963. The van der Waals surface area contributed by atoms with E-state index in [-0.39, 0.29) is 16.9 Å². The van der Waals surface area contributed by atoms with Gasteiger partial charge in [0.1, 0.15) is 11.4 Å². The van der Waals surface area contributed by atoms with Gasteiger partial charge in [0.15, 0.2) is 6.29 Å². The maximum atomic E-state index is 13.1. The molecule has 0 spiro atoms. The van der Waals surface area contributed by atoms with Gasteiger partial charge in [0.05, 0.1) is 0 Å². The Labute approximate surface area is 80.0 Å². The second kappa shape index (κ2) is 3.44. The molecule has 0 aliphatic carbocycles. The molecule has 1 atom stereocenters. The highest BCUT2D eigenvalue weighted by atomic mass is 35.5. The summed E-state index contributed by atoms with van der Waals surface area (Å²) in [6, 6.07) is 3.75. The molecule has 0 bridgehead atoms. The smallest absolute Gasteiger partial charge is 0.155 e. The molecule has 1 aromatic carbocycles. The number of benzene rings is 1. The summed E-state index contributed by atoms with van der Waals surface area (Å²) in [4.78, 5) is 10.4. The van der Waals surface area contributed by atoms with E-state index in [0.29, 0.717) is 0 Å². The molecular formula is C9H8ClFO2. The quantitative estimate of drug-likeness (QED) is 0.744. The first-order valence-corrected chi connectivity index (χ1v) is 3.99. The van der Waals surface area contributed by atoms with Gasteiger partial charge in [-0.1, -0.05) is 17.7 Å². The maximum Gasteiger partial charge on any atom is 0.155 e. The number of hydrogen-bond acceptors (Lipinski definition) is 2. The molecule has 0 aromatic heterocycles. The van der Waals surface area contributed by atoms with Crippen molar-refractivity contribution in [3.05, 3.63) is 34.6 Å². The van der Waals surface area contributed by atoms with Crippen molar-refractivity contribution in [2.45, 2.75) is 12.5 Å². The van der Waals surface area contributed by atoms with Gasteiger partial charge in [-0.15, -0.1) is 0 Å². The standard InChI is InChI=1S/C9H8ClFO2/c1-9(13,5-12)7-3-2-6(10)4-8(7)11/h2-5,13H,1H3. The van der Waals surface area contributed by atoms with Crippen LogP contribution in [0.5, 0.6) is 0 Å². The number of rotatable bonds is 2. The van der Waals surface area contributed by atoms with Crippen LogP contribution in [0.2, 0.25) is 5.02 Å². The van der Waals surface area contributed by atoms with Gasteiger partial charge < -0.3 is 5.11 Å². The zero-order valence-electron chi connectivity index (χ0n) is 6.92. The number of halogens is 2. The largest absolute Gasteiger partial charge is 0.378 e. The van der Waals surface area contributed by atoms with E-state index in [2.05, 4.69) is 0 Å². The molecule has 2 nitrogen and oxygen atoms in total. The molecule has 13 heavy (non-hydrogen) atoms. The third-order valence-electron chi connectivity index (χ3n) is 1.71. The molecule has 1 aromatic rings. The van der Waals surface area contributed by atoms with Crippen molar-refractivity contribution in [1.82, 2.24) is 0 Å². The third-order valence-corrected chi connectivity index (χ3v) is 1.94. The Hall–Kier alpha value is -0.930. The molecule has 0 radical (unpaired) electrons. The Balaban J connectivity index is 3.23. The Bertz CT molecular complexity index is 336. The predicted molar refractivity (Wildman–Crippen MR) is 47.0 cm³/mol. The minimum Gasteiger partial charge on any atom is -0.378 e. The van der Waals surface area contributed by atoms with E-state index in [4.69, 9.17) is 11.6 Å². The van der Waals surface area contributed by atoms with Crippen LogP contribution in [0.15, 0.2) is 18.2 Å². The number of aldehydes is 1. The highest BCUT2D eigenvalue weighted by Gasteiger charge is 2.25. The lowest BCUT2D eigenvalue weighted by atomic mass is 9.97. The van der Waals surface area contributed by atoms with E-state index in [1.807, 2.05) is 0 Å². The monoisotopic (exact) mass is 202 g/mol. The van der Waals surface area contributed by atoms with Crippen LogP contribution in [0.3, 0.4) is 0 Å². The van der Waals surface area contributed by atoms with Crippen molar-refractivity contribution >= 4 is 17.9 Å². The molecule has 1 N–H and O–H groups in total. The lowest BCUT2D eigenvalue weighted by Crippen LogP contribution is -2.24. The van der Waals surface area contributed by atoms with Crippen molar-refractivity contribution in [3.8, 4) is 0 Å². The molecule has 0 saturated carbocycles. The van der Waals surface area contributed by atoms with Crippen LogP contribution >= 0.6 is 11.6 Å². The maximum absolute atomic E-state index is 13.1. The topological polar surface area (TPSA) is 37.3 Å². The minimum absolute atomic E-state index is 0.0769. The number of carbonyl (C=O) groups excluding carboxylic acids is 1. The predicted octanol–water partition coefficient (Wildman–Crippen LogP) is 1.89. The molecule has 0 heterocycles. The van der Waals surface area contributed by atoms with Crippen molar-refractivity contribution in [3.63, 3.8) is 0 Å². The third kappa shape index (κ3) is 2.05. The highest BCUT2D eigenvalue weighted by Crippen LogP contribution is 2.23. The van der Waals surface area contributed by atoms with Gasteiger partial charge >= 0.3 is 0 Å². The zero-order chi connectivity index (χ0) is 10.1. The van der Waals surface area contributed by atoms with E-state index >= 15 is 0 Å². The van der Waals surface area contributed by atoms with Gasteiger partial charge in [0.25, 0.3) is 0 Å². The Morgan fingerprint density at radius 1 is 1.62 bits per heavy atom. The molecule has 70 valence electrons. The SMILES string of the molecule is CC(O)(C=O)c1ccc(Cl)cc1F. The zero-order valence-corrected chi connectivity index (χ0v) is 7.68. The normalized spacial score (nSPS) is 15.1. The summed E-state index contributed by atoms with van der Waals surface area (Å²) in [6.07, 6.45) is 0.277. The lowest BCUT2D eigenvalue weighted by Gasteiger charge is -2.16. The summed E-state index contributed by atoms with van der Waals surface area (Å²) < 4.78 is 13.1. The van der Waals surface area contributed by atoms with Gasteiger partial charge in [-0.25, -0.2) is 4.39 Å². The fraction of sp³-hybridized carbons (Fsp3) is 0.222. The Morgan fingerprint density at radius 3 is 2.69 bits per heavy atom. The Morgan fingerprint density at radius 2 is 2.23 bits per heavy atom. The van der Waals surface area contributed by atoms with Crippen LogP contribution in [0.4, 0.5) is 4.39 Å². The van der Waals surface area contributed by atoms with E-state index in [0.717, 1.165) is 6.07 Å². The fourth-order valence-corrected chi connectivity index (χ4v) is 1.12. The van der Waals surface area contributed by atoms with Crippen molar-refractivity contribution < 1.29 is 14.3 Å². The van der Waals surface area contributed by atoms with Gasteiger partial charge in [-0.2, -0.15) is 0 Å². The molecule has 0 aliphatic heterocycles. The van der Waals surface area contributed by atoms with Gasteiger partial charge in [-0.3, -0.25) is 4.79 Å². The summed E-state index contributed by atoms with van der Waals surface area (Å²) >= 11 is 5.50. The first-order valence-electron chi connectivity index (χ1n) is 3.61. The molecule has 0 saturated heterocycles. The van der Waals surface area contributed by atoms with Crippen molar-refractivity contribution in [2.24, 2.45) is 0 Å². The summed E-state index contributed by atoms with van der Waals surface area (Å²) in [6.45, 7) is 1.21. The van der Waals surface area contributed by atoms with Crippen LogP contribution in [0, 0.1) is 5.82 Å². The number of hydrogen-bond donors (Lipinski definition) is 1. The number of carbonyl (C=O) groups is 1. The molecule has 0 amide bonds. The van der Waals surface area contributed by atoms with Crippen molar-refractivity contribution in [1.29, 1.82) is 0 Å². The highest BCUT2D eigenvalue weighted by molar-refractivity contribution is 6.30. The number of aliphatic hydroxyl groups is 1. The Kier molecular flexibility index (Phi) is 2.68. The average molecular weight is 203 g/mol. The van der Waals surface area contributed by atoms with E-state index in [9.17, 15) is 14.3 Å². The molecule has 4 heteroatoms. The van der Waals surface area contributed by atoms with E-state index < -0.39 is 11.4 Å². The van der Waals surface area contributed by atoms with Crippen LogP contribution in [0.1, 0.15) is 12.5 Å². The van der Waals surface area contributed by atoms with E-state index in [1.54, 1.807) is 0 Å². The molecule has 0 aliphatic rings. The van der Waals surface area contributed by atoms with Crippen LogP contribution in [0.25, 0.3) is 0 Å². The second-order valence-electron chi connectivity index (χ2n) is 2.89. The first-order chi connectivity index (χ1) is 5.97.